The van der Waals surface area contributed by atoms with E-state index in [2.05, 4.69) is 37.3 Å². The van der Waals surface area contributed by atoms with Gasteiger partial charge in [0.25, 0.3) is 0 Å². The molecule has 0 saturated carbocycles. The lowest BCUT2D eigenvalue weighted by atomic mass is 10.0. The van der Waals surface area contributed by atoms with Crippen molar-refractivity contribution in [2.24, 2.45) is 0 Å². The van der Waals surface area contributed by atoms with Gasteiger partial charge in [-0.15, -0.1) is 0 Å². The summed E-state index contributed by atoms with van der Waals surface area (Å²) in [4.78, 5) is 0. The van der Waals surface area contributed by atoms with Crippen molar-refractivity contribution in [3.05, 3.63) is 35.9 Å². The zero-order chi connectivity index (χ0) is 38.3. The normalized spacial score (nSPS) is 11.6. The Labute approximate surface area is 343 Å². The third-order valence-electron chi connectivity index (χ3n) is 12.7. The minimum atomic E-state index is 1.26. The first-order chi connectivity index (χ1) is 26.9. The maximum absolute atomic E-state index is 2.31. The smallest absolute Gasteiger partial charge is 0.0279 e. The molecule has 0 heteroatoms. The molecule has 0 heterocycles. The van der Waals surface area contributed by atoms with Crippen LogP contribution in [0.15, 0.2) is 30.3 Å². The molecular formula is C54H102. The van der Waals surface area contributed by atoms with Crippen LogP contribution >= 0.6 is 0 Å². The third kappa shape index (κ3) is 42.4. The second-order valence-corrected chi connectivity index (χ2v) is 18.1. The molecule has 0 aromatic heterocycles. The molecule has 0 radical (unpaired) electrons. The van der Waals surface area contributed by atoms with Gasteiger partial charge < -0.3 is 0 Å². The van der Waals surface area contributed by atoms with Crippen molar-refractivity contribution in [1.82, 2.24) is 0 Å². The van der Waals surface area contributed by atoms with E-state index < -0.39 is 0 Å². The summed E-state index contributed by atoms with van der Waals surface area (Å²) in [5, 5.41) is 0. The second-order valence-electron chi connectivity index (χ2n) is 18.1. The van der Waals surface area contributed by atoms with Crippen LogP contribution < -0.4 is 0 Å². The number of hydrogen-bond acceptors (Lipinski definition) is 0. The SMILES string of the molecule is CCCCCCCCCCCCCCCCCCCCCCCCCCCCCCCCCCCCCCCCCCCCCCCCc1ccccc1. The van der Waals surface area contributed by atoms with E-state index in [9.17, 15) is 0 Å². The van der Waals surface area contributed by atoms with Crippen LogP contribution in [0.2, 0.25) is 0 Å². The second kappa shape index (κ2) is 46.6. The van der Waals surface area contributed by atoms with Gasteiger partial charge in [-0.25, -0.2) is 0 Å². The Bertz CT molecular complexity index is 766. The zero-order valence-electron chi connectivity index (χ0n) is 37.6. The predicted octanol–water partition coefficient (Wildman–Crippen LogP) is 20.2. The lowest BCUT2D eigenvalue weighted by molar-refractivity contribution is 0.508. The van der Waals surface area contributed by atoms with Crippen molar-refractivity contribution >= 4 is 0 Å². The number of unbranched alkanes of at least 4 members (excludes halogenated alkanes) is 45. The van der Waals surface area contributed by atoms with Crippen LogP contribution in [0, 0.1) is 0 Å². The molecule has 0 aliphatic carbocycles. The van der Waals surface area contributed by atoms with E-state index >= 15 is 0 Å². The van der Waals surface area contributed by atoms with E-state index in [-0.39, 0.29) is 0 Å². The van der Waals surface area contributed by atoms with Gasteiger partial charge in [-0.2, -0.15) is 0 Å². The van der Waals surface area contributed by atoms with Gasteiger partial charge in [0.2, 0.25) is 0 Å². The molecule has 0 unspecified atom stereocenters. The largest absolute Gasteiger partial charge is 0.0654 e. The number of aryl methyl sites for hydroxylation is 1. The van der Waals surface area contributed by atoms with Crippen molar-refractivity contribution in [2.45, 2.75) is 309 Å². The first kappa shape index (κ1) is 51.2. The van der Waals surface area contributed by atoms with Gasteiger partial charge in [-0.05, 0) is 18.4 Å². The standard InChI is InChI=1S/C54H102/c1-2-3-4-5-6-7-8-9-10-11-12-13-14-15-16-17-18-19-20-21-22-23-24-25-26-27-28-29-30-31-32-33-34-35-36-37-38-39-40-41-42-43-44-45-46-48-51-54-52-49-47-50-53-54/h47,49-50,52-53H,2-46,48,51H2,1H3. The Balaban J connectivity index is 1.60. The topological polar surface area (TPSA) is 0 Å². The minimum Gasteiger partial charge on any atom is -0.0654 e. The molecule has 0 N–H and O–H groups in total. The molecule has 0 amide bonds. The van der Waals surface area contributed by atoms with Gasteiger partial charge >= 0.3 is 0 Å². The molecule has 0 bridgehead atoms. The Kier molecular flexibility index (Phi) is 44.2. The molecule has 1 aromatic rings. The summed E-state index contributed by atoms with van der Waals surface area (Å²) in [5.41, 5.74) is 1.51. The highest BCUT2D eigenvalue weighted by Gasteiger charge is 1.99. The van der Waals surface area contributed by atoms with Crippen LogP contribution in [0.25, 0.3) is 0 Å². The van der Waals surface area contributed by atoms with Crippen LogP contribution in [0.5, 0.6) is 0 Å². The highest BCUT2D eigenvalue weighted by molar-refractivity contribution is 5.14. The summed E-state index contributed by atoms with van der Waals surface area (Å²) < 4.78 is 0. The molecule has 0 spiro atoms. The molecule has 54 heavy (non-hydrogen) atoms. The van der Waals surface area contributed by atoms with Crippen LogP contribution in [0.4, 0.5) is 0 Å². The van der Waals surface area contributed by atoms with Crippen molar-refractivity contribution < 1.29 is 0 Å². The maximum atomic E-state index is 2.31. The van der Waals surface area contributed by atoms with Gasteiger partial charge in [0.1, 0.15) is 0 Å². The highest BCUT2D eigenvalue weighted by Crippen LogP contribution is 2.18. The predicted molar refractivity (Wildman–Crippen MR) is 248 cm³/mol. The third-order valence-corrected chi connectivity index (χ3v) is 12.7. The lowest BCUT2D eigenvalue weighted by Gasteiger charge is -2.05. The monoisotopic (exact) mass is 751 g/mol. The summed E-state index contributed by atoms with van der Waals surface area (Å²) in [6.45, 7) is 2.31. The molecule has 0 nitrogen and oxygen atoms in total. The van der Waals surface area contributed by atoms with Crippen LogP contribution in [-0.2, 0) is 6.42 Å². The maximum Gasteiger partial charge on any atom is -0.0279 e. The number of hydrogen-bond donors (Lipinski definition) is 0. The van der Waals surface area contributed by atoms with Crippen molar-refractivity contribution in [3.63, 3.8) is 0 Å². The molecule has 0 aliphatic heterocycles. The molecule has 0 atom stereocenters. The van der Waals surface area contributed by atoms with Crippen molar-refractivity contribution in [2.75, 3.05) is 0 Å². The average molecular weight is 751 g/mol. The van der Waals surface area contributed by atoms with E-state index in [0.717, 1.165) is 0 Å². The average Bonchev–Trinajstić information content (AvgIpc) is 3.19. The van der Waals surface area contributed by atoms with Gasteiger partial charge in [0.15, 0.2) is 0 Å². The quantitative estimate of drug-likeness (QED) is 0.0582. The summed E-state index contributed by atoms with van der Waals surface area (Å²) in [6, 6.07) is 11.0. The van der Waals surface area contributed by atoms with Crippen molar-refractivity contribution in [1.29, 1.82) is 0 Å². The van der Waals surface area contributed by atoms with Crippen LogP contribution in [-0.4, -0.2) is 0 Å². The Morgan fingerprint density at radius 3 is 0.556 bits per heavy atom. The van der Waals surface area contributed by atoms with E-state index in [1.165, 1.54) is 307 Å². The lowest BCUT2D eigenvalue weighted by Crippen LogP contribution is -1.86. The summed E-state index contributed by atoms with van der Waals surface area (Å²) >= 11 is 0. The minimum absolute atomic E-state index is 1.26. The Morgan fingerprint density at radius 2 is 0.370 bits per heavy atom. The molecule has 0 aliphatic rings. The molecule has 1 aromatic carbocycles. The fourth-order valence-corrected chi connectivity index (χ4v) is 8.83. The number of benzene rings is 1. The van der Waals surface area contributed by atoms with E-state index in [1.807, 2.05) is 0 Å². The highest BCUT2D eigenvalue weighted by atomic mass is 14.1. The molecule has 0 saturated heterocycles. The zero-order valence-corrected chi connectivity index (χ0v) is 37.6. The molecule has 0 fully saturated rings. The molecule has 1 rings (SSSR count). The van der Waals surface area contributed by atoms with E-state index in [4.69, 9.17) is 0 Å². The van der Waals surface area contributed by atoms with Gasteiger partial charge in [-0.1, -0.05) is 326 Å². The summed E-state index contributed by atoms with van der Waals surface area (Å²) in [5.74, 6) is 0. The first-order valence-corrected chi connectivity index (χ1v) is 26.0. The van der Waals surface area contributed by atoms with Gasteiger partial charge in [0, 0.05) is 0 Å². The Morgan fingerprint density at radius 1 is 0.204 bits per heavy atom. The van der Waals surface area contributed by atoms with Crippen molar-refractivity contribution in [3.8, 4) is 0 Å². The summed E-state index contributed by atoms with van der Waals surface area (Å²) in [6.07, 6.45) is 69.3. The summed E-state index contributed by atoms with van der Waals surface area (Å²) in [7, 11) is 0. The Hall–Kier alpha value is -0.780. The van der Waals surface area contributed by atoms with Crippen LogP contribution in [0.1, 0.15) is 308 Å². The van der Waals surface area contributed by atoms with E-state index in [1.54, 1.807) is 0 Å². The van der Waals surface area contributed by atoms with Gasteiger partial charge in [0.05, 0.1) is 0 Å². The van der Waals surface area contributed by atoms with E-state index in [0.29, 0.717) is 0 Å². The fourth-order valence-electron chi connectivity index (χ4n) is 8.83. The number of rotatable bonds is 47. The fraction of sp³-hybridized carbons (Fsp3) is 0.889. The first-order valence-electron chi connectivity index (χ1n) is 26.0. The molecule has 318 valence electrons. The van der Waals surface area contributed by atoms with Crippen LogP contribution in [0.3, 0.4) is 0 Å². The molecular weight excluding hydrogens is 649 g/mol. The van der Waals surface area contributed by atoms with Gasteiger partial charge in [-0.3, -0.25) is 0 Å².